The van der Waals surface area contributed by atoms with Gasteiger partial charge in [-0.05, 0) is 47.5 Å². The predicted octanol–water partition coefficient (Wildman–Crippen LogP) is 5.84. The highest BCUT2D eigenvalue weighted by Gasteiger charge is 2.31. The number of halogens is 2. The highest BCUT2D eigenvalue weighted by Crippen LogP contribution is 2.38. The first-order valence-electron chi connectivity index (χ1n) is 8.67. The van der Waals surface area contributed by atoms with Gasteiger partial charge in [-0.2, -0.15) is 5.10 Å². The lowest BCUT2D eigenvalue weighted by Gasteiger charge is -2.24. The van der Waals surface area contributed by atoms with Crippen LogP contribution in [-0.2, 0) is 0 Å². The highest BCUT2D eigenvalue weighted by molar-refractivity contribution is 6.30. The molecule has 0 radical (unpaired) electrons. The summed E-state index contributed by atoms with van der Waals surface area (Å²) in [4.78, 5) is 0. The molecule has 3 aromatic carbocycles. The zero-order valence-electron chi connectivity index (χ0n) is 14.8. The summed E-state index contributed by atoms with van der Waals surface area (Å²) < 4.78 is 19.7. The number of hydrogen-bond donors (Lipinski definition) is 0. The van der Waals surface area contributed by atoms with E-state index >= 15 is 0 Å². The van der Waals surface area contributed by atoms with Gasteiger partial charge in [-0.25, -0.2) is 4.39 Å². The number of ether oxygens (including phenoxy) is 1. The van der Waals surface area contributed by atoms with Gasteiger partial charge in [0.1, 0.15) is 11.6 Å². The second-order valence-electron chi connectivity index (χ2n) is 6.34. The average molecular weight is 381 g/mol. The van der Waals surface area contributed by atoms with Crippen LogP contribution in [0.3, 0.4) is 0 Å². The Balaban J connectivity index is 1.75. The minimum Gasteiger partial charge on any atom is -0.497 e. The van der Waals surface area contributed by atoms with Gasteiger partial charge in [0, 0.05) is 11.4 Å². The van der Waals surface area contributed by atoms with Crippen molar-refractivity contribution < 1.29 is 9.13 Å². The van der Waals surface area contributed by atoms with E-state index in [4.69, 9.17) is 21.4 Å². The molecule has 1 aliphatic rings. The van der Waals surface area contributed by atoms with E-state index in [2.05, 4.69) is 0 Å². The molecule has 1 atom stereocenters. The molecular weight excluding hydrogens is 363 g/mol. The fraction of sp³-hybridized carbons (Fsp3) is 0.136. The number of para-hydroxylation sites is 1. The molecule has 0 unspecified atom stereocenters. The van der Waals surface area contributed by atoms with E-state index in [1.807, 2.05) is 54.6 Å². The quantitative estimate of drug-likeness (QED) is 0.567. The van der Waals surface area contributed by atoms with Gasteiger partial charge in [0.05, 0.1) is 24.6 Å². The van der Waals surface area contributed by atoms with E-state index in [1.165, 1.54) is 6.07 Å². The molecule has 136 valence electrons. The summed E-state index contributed by atoms with van der Waals surface area (Å²) in [6.45, 7) is 0. The van der Waals surface area contributed by atoms with Crippen molar-refractivity contribution in [1.82, 2.24) is 0 Å². The third kappa shape index (κ3) is 3.53. The van der Waals surface area contributed by atoms with Crippen LogP contribution in [-0.4, -0.2) is 12.8 Å². The molecule has 1 aliphatic heterocycles. The Hall–Kier alpha value is -2.85. The summed E-state index contributed by atoms with van der Waals surface area (Å²) in [5.74, 6) is 0.491. The normalized spacial score (nSPS) is 16.3. The van der Waals surface area contributed by atoms with Gasteiger partial charge < -0.3 is 4.74 Å². The first kappa shape index (κ1) is 17.6. The molecule has 4 rings (SSSR count). The molecular formula is C22H18ClFN2O. The number of hydrogen-bond acceptors (Lipinski definition) is 3. The summed E-state index contributed by atoms with van der Waals surface area (Å²) in [7, 11) is 1.64. The van der Waals surface area contributed by atoms with Crippen LogP contribution in [0.5, 0.6) is 5.75 Å². The summed E-state index contributed by atoms with van der Waals surface area (Å²) in [5.41, 5.74) is 3.39. The molecule has 0 fully saturated rings. The van der Waals surface area contributed by atoms with Crippen molar-refractivity contribution in [3.63, 3.8) is 0 Å². The van der Waals surface area contributed by atoms with Crippen LogP contribution in [0.4, 0.5) is 10.1 Å². The summed E-state index contributed by atoms with van der Waals surface area (Å²) in [6, 6.07) is 22.0. The Bertz CT molecular complexity index is 970. The lowest BCUT2D eigenvalue weighted by molar-refractivity contribution is 0.414. The molecule has 0 aromatic heterocycles. The smallest absolute Gasteiger partial charge is 0.148 e. The molecule has 1 heterocycles. The van der Waals surface area contributed by atoms with Crippen LogP contribution in [0, 0.1) is 5.82 Å². The van der Waals surface area contributed by atoms with Gasteiger partial charge in [0.2, 0.25) is 0 Å². The lowest BCUT2D eigenvalue weighted by atomic mass is 9.98. The van der Waals surface area contributed by atoms with Gasteiger partial charge in [-0.1, -0.05) is 48.0 Å². The second kappa shape index (κ2) is 7.41. The van der Waals surface area contributed by atoms with E-state index in [0.29, 0.717) is 17.1 Å². The zero-order chi connectivity index (χ0) is 18.8. The molecule has 27 heavy (non-hydrogen) atoms. The van der Waals surface area contributed by atoms with Gasteiger partial charge in [-0.15, -0.1) is 0 Å². The van der Waals surface area contributed by atoms with Crippen molar-refractivity contribution in [1.29, 1.82) is 0 Å². The monoisotopic (exact) mass is 380 g/mol. The largest absolute Gasteiger partial charge is 0.497 e. The maximum Gasteiger partial charge on any atom is 0.148 e. The minimum atomic E-state index is -0.294. The molecule has 5 heteroatoms. The van der Waals surface area contributed by atoms with Crippen molar-refractivity contribution in [2.45, 2.75) is 12.5 Å². The van der Waals surface area contributed by atoms with Crippen molar-refractivity contribution in [3.8, 4) is 5.75 Å². The Labute approximate surface area is 162 Å². The van der Waals surface area contributed by atoms with Crippen LogP contribution < -0.4 is 9.75 Å². The van der Waals surface area contributed by atoms with Gasteiger partial charge >= 0.3 is 0 Å². The summed E-state index contributed by atoms with van der Waals surface area (Å²) >= 11 is 6.01. The van der Waals surface area contributed by atoms with Crippen LogP contribution in [0.25, 0.3) is 0 Å². The third-order valence-electron chi connectivity index (χ3n) is 4.69. The van der Waals surface area contributed by atoms with Gasteiger partial charge in [0.25, 0.3) is 0 Å². The van der Waals surface area contributed by atoms with E-state index in [1.54, 1.807) is 24.3 Å². The Morgan fingerprint density at radius 1 is 1.00 bits per heavy atom. The number of benzene rings is 3. The van der Waals surface area contributed by atoms with Crippen molar-refractivity contribution in [2.24, 2.45) is 5.10 Å². The van der Waals surface area contributed by atoms with Crippen molar-refractivity contribution >= 4 is 23.0 Å². The predicted molar refractivity (Wildman–Crippen MR) is 107 cm³/mol. The summed E-state index contributed by atoms with van der Waals surface area (Å²) in [5, 5.41) is 7.20. The molecule has 0 amide bonds. The Morgan fingerprint density at radius 3 is 2.37 bits per heavy atom. The number of nitrogens with zero attached hydrogens (tertiary/aromatic N) is 2. The van der Waals surface area contributed by atoms with Crippen molar-refractivity contribution in [3.05, 3.63) is 94.8 Å². The minimum absolute atomic E-state index is 0.0986. The number of anilines is 1. The highest BCUT2D eigenvalue weighted by atomic mass is 35.5. The standard InChI is InChI=1S/C22H18ClFN2O/c1-27-18-12-8-16(9-13-18)22-14-20(15-6-10-17(23)11-7-15)25-26(22)21-5-3-2-4-19(21)24/h2-13,22H,14H2,1H3/t22-/m0/s1. The first-order chi connectivity index (χ1) is 13.2. The molecule has 0 saturated carbocycles. The molecule has 0 spiro atoms. The molecule has 0 bridgehead atoms. The SMILES string of the molecule is COc1ccc([C@@H]2CC(c3ccc(Cl)cc3)=NN2c2ccccc2F)cc1. The van der Waals surface area contributed by atoms with Crippen LogP contribution >= 0.6 is 11.6 Å². The van der Waals surface area contributed by atoms with E-state index in [9.17, 15) is 4.39 Å². The number of hydrazone groups is 1. The van der Waals surface area contributed by atoms with E-state index in [-0.39, 0.29) is 11.9 Å². The van der Waals surface area contributed by atoms with Gasteiger partial charge in [0.15, 0.2) is 0 Å². The zero-order valence-corrected chi connectivity index (χ0v) is 15.5. The van der Waals surface area contributed by atoms with Crippen LogP contribution in [0.1, 0.15) is 23.6 Å². The Morgan fingerprint density at radius 2 is 1.70 bits per heavy atom. The average Bonchev–Trinajstić information content (AvgIpc) is 3.14. The Kier molecular flexibility index (Phi) is 4.82. The maximum absolute atomic E-state index is 14.5. The van der Waals surface area contributed by atoms with Crippen LogP contribution in [0.15, 0.2) is 77.9 Å². The molecule has 0 saturated heterocycles. The second-order valence-corrected chi connectivity index (χ2v) is 6.78. The molecule has 3 nitrogen and oxygen atoms in total. The summed E-state index contributed by atoms with van der Waals surface area (Å²) in [6.07, 6.45) is 0.669. The van der Waals surface area contributed by atoms with Crippen molar-refractivity contribution in [2.75, 3.05) is 12.1 Å². The van der Waals surface area contributed by atoms with Gasteiger partial charge in [-0.3, -0.25) is 5.01 Å². The third-order valence-corrected chi connectivity index (χ3v) is 4.94. The van der Waals surface area contributed by atoms with E-state index in [0.717, 1.165) is 22.6 Å². The lowest BCUT2D eigenvalue weighted by Crippen LogP contribution is -2.19. The van der Waals surface area contributed by atoms with Crippen LogP contribution in [0.2, 0.25) is 5.02 Å². The number of rotatable bonds is 4. The van der Waals surface area contributed by atoms with E-state index < -0.39 is 0 Å². The molecule has 0 N–H and O–H groups in total. The molecule has 0 aliphatic carbocycles. The maximum atomic E-state index is 14.5. The topological polar surface area (TPSA) is 24.8 Å². The first-order valence-corrected chi connectivity index (χ1v) is 9.04. The fourth-order valence-electron chi connectivity index (χ4n) is 3.27. The fourth-order valence-corrected chi connectivity index (χ4v) is 3.40. The molecule has 3 aromatic rings. The number of methoxy groups -OCH3 is 1.